The maximum atomic E-state index is 5.68. The molecule has 2 rings (SSSR count). The number of halogens is 1. The first-order valence-electron chi connectivity index (χ1n) is 8.46. The summed E-state index contributed by atoms with van der Waals surface area (Å²) in [5.41, 5.74) is 1.08. The molecule has 1 aromatic carbocycles. The highest BCUT2D eigenvalue weighted by molar-refractivity contribution is 14.0. The van der Waals surface area contributed by atoms with Crippen LogP contribution in [0.1, 0.15) is 22.4 Å². The van der Waals surface area contributed by atoms with Gasteiger partial charge < -0.3 is 15.4 Å². The van der Waals surface area contributed by atoms with Crippen molar-refractivity contribution in [3.05, 3.63) is 58.6 Å². The molecule has 26 heavy (non-hydrogen) atoms. The number of rotatable bonds is 9. The predicted molar refractivity (Wildman–Crippen MR) is 121 cm³/mol. The lowest BCUT2D eigenvalue weighted by Gasteiger charge is -2.14. The number of para-hydroxylation sites is 1. The summed E-state index contributed by atoms with van der Waals surface area (Å²) in [6.45, 7) is 7.77. The van der Waals surface area contributed by atoms with Crippen LogP contribution in [0.3, 0.4) is 0 Å². The number of nitrogens with one attached hydrogen (secondary N) is 2. The van der Waals surface area contributed by atoms with Crippen LogP contribution in [-0.2, 0) is 19.4 Å². The Labute approximate surface area is 177 Å². The molecule has 2 aromatic rings. The van der Waals surface area contributed by atoms with Crippen LogP contribution in [-0.4, -0.2) is 31.1 Å². The average Bonchev–Trinajstić information content (AvgIpc) is 3.11. The molecule has 1 aromatic heterocycles. The molecule has 0 saturated carbocycles. The summed E-state index contributed by atoms with van der Waals surface area (Å²) in [7, 11) is 1.77. The summed E-state index contributed by atoms with van der Waals surface area (Å²) in [5, 5.41) is 7.80. The third-order valence-corrected chi connectivity index (χ3v) is 4.78. The summed E-state index contributed by atoms with van der Waals surface area (Å²) in [5.74, 6) is 1.63. The van der Waals surface area contributed by atoms with Gasteiger partial charge in [0.2, 0.25) is 0 Å². The van der Waals surface area contributed by atoms with Crippen LogP contribution in [0.2, 0.25) is 0 Å². The maximum Gasteiger partial charge on any atom is 0.191 e. The van der Waals surface area contributed by atoms with Crippen LogP contribution in [0.25, 0.3) is 0 Å². The van der Waals surface area contributed by atoms with Crippen LogP contribution in [0, 0.1) is 0 Å². The van der Waals surface area contributed by atoms with Crippen LogP contribution in [0.4, 0.5) is 0 Å². The Bertz CT molecular complexity index is 702. The van der Waals surface area contributed by atoms with Gasteiger partial charge in [-0.2, -0.15) is 0 Å². The van der Waals surface area contributed by atoms with E-state index in [1.54, 1.807) is 24.5 Å². The average molecular weight is 486 g/mol. The molecule has 7 heteroatoms. The summed E-state index contributed by atoms with van der Waals surface area (Å²) < 4.78 is 5.68. The summed E-state index contributed by atoms with van der Waals surface area (Å²) >= 11 is 1.78. The monoisotopic (exact) mass is 486 g/mol. The fourth-order valence-electron chi connectivity index (χ4n) is 2.25. The van der Waals surface area contributed by atoms with Crippen molar-refractivity contribution in [2.24, 2.45) is 4.99 Å². The second-order valence-corrected chi connectivity index (χ2v) is 6.58. The van der Waals surface area contributed by atoms with Gasteiger partial charge in [-0.3, -0.25) is 4.99 Å². The third kappa shape index (κ3) is 7.33. The lowest BCUT2D eigenvalue weighted by atomic mass is 10.2. The third-order valence-electron chi connectivity index (χ3n) is 3.58. The highest BCUT2D eigenvalue weighted by Crippen LogP contribution is 2.17. The molecule has 142 valence electrons. The van der Waals surface area contributed by atoms with Gasteiger partial charge in [0.15, 0.2) is 5.96 Å². The number of aromatic nitrogens is 1. The molecule has 0 atom stereocenters. The second-order valence-electron chi connectivity index (χ2n) is 5.38. The summed E-state index contributed by atoms with van der Waals surface area (Å²) in [6, 6.07) is 7.97. The van der Waals surface area contributed by atoms with Crippen molar-refractivity contribution in [2.75, 3.05) is 20.2 Å². The van der Waals surface area contributed by atoms with Gasteiger partial charge in [-0.1, -0.05) is 37.8 Å². The molecular formula is C19H27IN4OS. The first kappa shape index (κ1) is 22.4. The molecule has 0 aliphatic heterocycles. The highest BCUT2D eigenvalue weighted by atomic mass is 127. The number of nitrogens with zero attached hydrogens (tertiary/aromatic N) is 2. The molecule has 0 aliphatic carbocycles. The minimum atomic E-state index is 0. The molecule has 1 heterocycles. The van der Waals surface area contributed by atoms with E-state index in [0.717, 1.165) is 41.7 Å². The van der Waals surface area contributed by atoms with Crippen molar-refractivity contribution in [3.8, 4) is 5.75 Å². The van der Waals surface area contributed by atoms with E-state index in [9.17, 15) is 0 Å². The standard InChI is InChI=1S/C19H26N4OS.HI/c1-4-12-24-17-9-7-6-8-15(17)13-23-19(20-3)21-11-10-18-22-14-16(5-2)25-18;/h4,6-9,14H,1,5,10-13H2,2-3H3,(H2,20,21,23);1H. The smallest absolute Gasteiger partial charge is 0.191 e. The van der Waals surface area contributed by atoms with Crippen molar-refractivity contribution in [1.82, 2.24) is 15.6 Å². The van der Waals surface area contributed by atoms with E-state index in [4.69, 9.17) is 4.74 Å². The van der Waals surface area contributed by atoms with Gasteiger partial charge in [0.1, 0.15) is 12.4 Å². The summed E-state index contributed by atoms with van der Waals surface area (Å²) in [4.78, 5) is 10.0. The minimum Gasteiger partial charge on any atom is -0.489 e. The molecule has 0 fully saturated rings. The molecule has 0 unspecified atom stereocenters. The SMILES string of the molecule is C=CCOc1ccccc1CNC(=NC)NCCc1ncc(CC)s1.I. The topological polar surface area (TPSA) is 58.5 Å². The molecule has 0 saturated heterocycles. The van der Waals surface area contributed by atoms with E-state index >= 15 is 0 Å². The lowest BCUT2D eigenvalue weighted by molar-refractivity contribution is 0.358. The van der Waals surface area contributed by atoms with E-state index in [2.05, 4.69) is 34.1 Å². The van der Waals surface area contributed by atoms with Crippen molar-refractivity contribution in [3.63, 3.8) is 0 Å². The number of ether oxygens (including phenoxy) is 1. The van der Waals surface area contributed by atoms with Gasteiger partial charge >= 0.3 is 0 Å². The van der Waals surface area contributed by atoms with Crippen molar-refractivity contribution < 1.29 is 4.74 Å². The molecule has 0 aliphatic rings. The van der Waals surface area contributed by atoms with Gasteiger partial charge in [0.25, 0.3) is 0 Å². The Hall–Kier alpha value is -1.61. The fraction of sp³-hybridized carbons (Fsp3) is 0.368. The second kappa shape index (κ2) is 12.7. The predicted octanol–water partition coefficient (Wildman–Crippen LogP) is 3.80. The zero-order valence-electron chi connectivity index (χ0n) is 15.3. The van der Waals surface area contributed by atoms with Crippen molar-refractivity contribution in [2.45, 2.75) is 26.3 Å². The van der Waals surface area contributed by atoms with Crippen LogP contribution in [0.5, 0.6) is 5.75 Å². The van der Waals surface area contributed by atoms with E-state index in [0.29, 0.717) is 13.2 Å². The number of benzene rings is 1. The van der Waals surface area contributed by atoms with Gasteiger partial charge in [-0.05, 0) is 12.5 Å². The Morgan fingerprint density at radius 3 is 2.85 bits per heavy atom. The summed E-state index contributed by atoms with van der Waals surface area (Å²) in [6.07, 6.45) is 5.65. The molecule has 0 spiro atoms. The highest BCUT2D eigenvalue weighted by Gasteiger charge is 2.05. The Morgan fingerprint density at radius 1 is 1.35 bits per heavy atom. The Kier molecular flexibility index (Phi) is 11.0. The molecule has 2 N–H and O–H groups in total. The normalized spacial score (nSPS) is 10.8. The van der Waals surface area contributed by atoms with Gasteiger partial charge in [-0.15, -0.1) is 35.3 Å². The minimum absolute atomic E-state index is 0. The van der Waals surface area contributed by atoms with Crippen molar-refractivity contribution in [1.29, 1.82) is 0 Å². The molecule has 0 amide bonds. The number of thiazole rings is 1. The maximum absolute atomic E-state index is 5.68. The fourth-order valence-corrected chi connectivity index (χ4v) is 3.12. The largest absolute Gasteiger partial charge is 0.489 e. The first-order valence-corrected chi connectivity index (χ1v) is 9.28. The van der Waals surface area contributed by atoms with Gasteiger partial charge in [0, 0.05) is 43.2 Å². The van der Waals surface area contributed by atoms with Gasteiger partial charge in [0.05, 0.1) is 5.01 Å². The number of hydrogen-bond donors (Lipinski definition) is 2. The Balaban J connectivity index is 0.00000338. The van der Waals surface area contributed by atoms with Crippen molar-refractivity contribution >= 4 is 41.3 Å². The lowest BCUT2D eigenvalue weighted by Crippen LogP contribution is -2.37. The number of guanidine groups is 1. The Morgan fingerprint density at radius 2 is 2.15 bits per heavy atom. The zero-order chi connectivity index (χ0) is 17.9. The molecule has 0 radical (unpaired) electrons. The van der Waals surface area contributed by atoms with E-state index in [1.165, 1.54) is 4.88 Å². The van der Waals surface area contributed by atoms with E-state index in [1.807, 2.05) is 30.5 Å². The zero-order valence-corrected chi connectivity index (χ0v) is 18.5. The molecule has 5 nitrogen and oxygen atoms in total. The molecule has 0 bridgehead atoms. The van der Waals surface area contributed by atoms with Crippen LogP contribution in [0.15, 0.2) is 48.1 Å². The number of aryl methyl sites for hydroxylation is 1. The quantitative estimate of drug-likeness (QED) is 0.245. The molecular weight excluding hydrogens is 459 g/mol. The number of hydrogen-bond acceptors (Lipinski definition) is 4. The first-order chi connectivity index (χ1) is 12.3. The van der Waals surface area contributed by atoms with E-state index < -0.39 is 0 Å². The van der Waals surface area contributed by atoms with E-state index in [-0.39, 0.29) is 24.0 Å². The van der Waals surface area contributed by atoms with Crippen LogP contribution >= 0.6 is 35.3 Å². The number of aliphatic imine (C=N–C) groups is 1. The van der Waals surface area contributed by atoms with Crippen LogP contribution < -0.4 is 15.4 Å². The van der Waals surface area contributed by atoms with Gasteiger partial charge in [-0.25, -0.2) is 4.98 Å².